The Labute approximate surface area is 113 Å². The number of anilines is 1. The van der Waals surface area contributed by atoms with Crippen LogP contribution < -0.4 is 10.2 Å². The first kappa shape index (κ1) is 13.1. The number of aryl methyl sites for hydroxylation is 1. The molecule has 1 heterocycles. The first-order chi connectivity index (χ1) is 8.69. The first-order valence-corrected chi connectivity index (χ1v) is 7.00. The van der Waals surface area contributed by atoms with Crippen LogP contribution in [0.2, 0.25) is 0 Å². The summed E-state index contributed by atoms with van der Waals surface area (Å²) in [7, 11) is 4.12. The lowest BCUT2D eigenvalue weighted by atomic mass is 10.2. The van der Waals surface area contributed by atoms with Gasteiger partial charge in [-0.3, -0.25) is 0 Å². The molecule has 0 saturated heterocycles. The molecule has 2 nitrogen and oxygen atoms in total. The molecule has 0 atom stereocenters. The van der Waals surface area contributed by atoms with E-state index in [1.54, 1.807) is 0 Å². The molecule has 1 aromatic carbocycles. The molecule has 2 rings (SSSR count). The Hall–Kier alpha value is -1.32. The van der Waals surface area contributed by atoms with Gasteiger partial charge in [-0.05, 0) is 38.2 Å². The van der Waals surface area contributed by atoms with Crippen molar-refractivity contribution in [3.63, 3.8) is 0 Å². The Kier molecular flexibility index (Phi) is 4.39. The Morgan fingerprint density at radius 3 is 2.39 bits per heavy atom. The van der Waals surface area contributed by atoms with Gasteiger partial charge in [-0.1, -0.05) is 17.7 Å². The zero-order chi connectivity index (χ0) is 13.0. The zero-order valence-electron chi connectivity index (χ0n) is 11.2. The molecular formula is C15H20N2S. The second kappa shape index (κ2) is 6.03. The Morgan fingerprint density at radius 1 is 1.06 bits per heavy atom. The summed E-state index contributed by atoms with van der Waals surface area (Å²) in [6.07, 6.45) is 0. The molecule has 0 aliphatic rings. The lowest BCUT2D eigenvalue weighted by molar-refractivity contribution is 0.831. The van der Waals surface area contributed by atoms with Crippen LogP contribution in [-0.2, 0) is 13.1 Å². The predicted molar refractivity (Wildman–Crippen MR) is 80.4 cm³/mol. The van der Waals surface area contributed by atoms with Crippen LogP contribution in [0, 0.1) is 6.92 Å². The molecule has 3 heteroatoms. The second-order valence-electron chi connectivity index (χ2n) is 4.59. The number of benzene rings is 1. The molecule has 0 radical (unpaired) electrons. The zero-order valence-corrected chi connectivity index (χ0v) is 12.1. The SMILES string of the molecule is CNCc1ccc(CN(C)c2ccc(C)cc2)s1. The van der Waals surface area contributed by atoms with Gasteiger partial charge in [-0.2, -0.15) is 0 Å². The smallest absolute Gasteiger partial charge is 0.0519 e. The molecule has 0 unspecified atom stereocenters. The van der Waals surface area contributed by atoms with Crippen molar-refractivity contribution in [2.24, 2.45) is 0 Å². The molecule has 0 saturated carbocycles. The molecule has 0 aliphatic carbocycles. The molecule has 1 N–H and O–H groups in total. The minimum absolute atomic E-state index is 0.957. The van der Waals surface area contributed by atoms with Gasteiger partial charge in [-0.15, -0.1) is 11.3 Å². The van der Waals surface area contributed by atoms with Crippen molar-refractivity contribution in [1.29, 1.82) is 0 Å². The van der Waals surface area contributed by atoms with Gasteiger partial charge < -0.3 is 10.2 Å². The average molecular weight is 260 g/mol. The number of hydrogen-bond donors (Lipinski definition) is 1. The van der Waals surface area contributed by atoms with Crippen LogP contribution in [0.5, 0.6) is 0 Å². The maximum absolute atomic E-state index is 3.19. The van der Waals surface area contributed by atoms with Crippen molar-refractivity contribution in [3.8, 4) is 0 Å². The molecule has 96 valence electrons. The Balaban J connectivity index is 2.01. The summed E-state index contributed by atoms with van der Waals surface area (Å²) in [6.45, 7) is 4.05. The summed E-state index contributed by atoms with van der Waals surface area (Å²) < 4.78 is 0. The van der Waals surface area contributed by atoms with Gasteiger partial charge in [0.2, 0.25) is 0 Å². The monoisotopic (exact) mass is 260 g/mol. The number of nitrogens with one attached hydrogen (secondary N) is 1. The molecule has 0 amide bonds. The first-order valence-electron chi connectivity index (χ1n) is 6.19. The van der Waals surface area contributed by atoms with Crippen molar-refractivity contribution >= 4 is 17.0 Å². The maximum Gasteiger partial charge on any atom is 0.0519 e. The minimum Gasteiger partial charge on any atom is -0.369 e. The van der Waals surface area contributed by atoms with Gasteiger partial charge in [0, 0.05) is 29.0 Å². The highest BCUT2D eigenvalue weighted by Gasteiger charge is 2.04. The molecular weight excluding hydrogens is 240 g/mol. The van der Waals surface area contributed by atoms with Crippen molar-refractivity contribution in [1.82, 2.24) is 5.32 Å². The van der Waals surface area contributed by atoms with Crippen molar-refractivity contribution < 1.29 is 0 Å². The van der Waals surface area contributed by atoms with Gasteiger partial charge in [0.1, 0.15) is 0 Å². The van der Waals surface area contributed by atoms with Crippen LogP contribution in [0.3, 0.4) is 0 Å². The number of rotatable bonds is 5. The van der Waals surface area contributed by atoms with E-state index in [0.29, 0.717) is 0 Å². The average Bonchev–Trinajstić information content (AvgIpc) is 2.78. The quantitative estimate of drug-likeness (QED) is 0.886. The Bertz CT molecular complexity index is 487. The fourth-order valence-electron chi connectivity index (χ4n) is 1.90. The molecule has 2 aromatic rings. The largest absolute Gasteiger partial charge is 0.369 e. The molecule has 0 spiro atoms. The summed E-state index contributed by atoms with van der Waals surface area (Å²) in [5, 5.41) is 3.19. The van der Waals surface area contributed by atoms with Crippen molar-refractivity contribution in [2.45, 2.75) is 20.0 Å². The van der Waals surface area contributed by atoms with Gasteiger partial charge in [-0.25, -0.2) is 0 Å². The van der Waals surface area contributed by atoms with E-state index < -0.39 is 0 Å². The number of thiophene rings is 1. The summed E-state index contributed by atoms with van der Waals surface area (Å²) in [6, 6.07) is 13.1. The van der Waals surface area contributed by atoms with E-state index in [1.165, 1.54) is 21.0 Å². The summed E-state index contributed by atoms with van der Waals surface area (Å²) in [5.74, 6) is 0. The minimum atomic E-state index is 0.957. The third kappa shape index (κ3) is 3.34. The molecule has 0 fully saturated rings. The van der Waals surface area contributed by atoms with Crippen LogP contribution in [0.15, 0.2) is 36.4 Å². The van der Waals surface area contributed by atoms with Gasteiger partial charge in [0.15, 0.2) is 0 Å². The van der Waals surface area contributed by atoms with E-state index in [4.69, 9.17) is 0 Å². The second-order valence-corrected chi connectivity index (χ2v) is 5.84. The Morgan fingerprint density at radius 2 is 1.72 bits per heavy atom. The summed E-state index contributed by atoms with van der Waals surface area (Å²) in [5.41, 5.74) is 2.57. The van der Waals surface area contributed by atoms with Gasteiger partial charge >= 0.3 is 0 Å². The van der Waals surface area contributed by atoms with Crippen molar-refractivity contribution in [2.75, 3.05) is 19.0 Å². The summed E-state index contributed by atoms with van der Waals surface area (Å²) >= 11 is 1.88. The highest BCUT2D eigenvalue weighted by atomic mass is 32.1. The van der Waals surface area contributed by atoms with E-state index in [2.05, 4.69) is 60.6 Å². The van der Waals surface area contributed by atoms with E-state index in [0.717, 1.165) is 13.1 Å². The van der Waals surface area contributed by atoms with E-state index >= 15 is 0 Å². The highest BCUT2D eigenvalue weighted by Crippen LogP contribution is 2.21. The standard InChI is InChI=1S/C15H20N2S/c1-12-4-6-13(7-5-12)17(3)11-15-9-8-14(18-15)10-16-2/h4-9,16H,10-11H2,1-3H3. The normalized spacial score (nSPS) is 10.6. The van der Waals surface area contributed by atoms with Crippen LogP contribution in [0.1, 0.15) is 15.3 Å². The number of hydrogen-bond acceptors (Lipinski definition) is 3. The predicted octanol–water partition coefficient (Wildman–Crippen LogP) is 3.41. The fourth-order valence-corrected chi connectivity index (χ4v) is 2.98. The van der Waals surface area contributed by atoms with Gasteiger partial charge in [0.25, 0.3) is 0 Å². The van der Waals surface area contributed by atoms with Crippen LogP contribution in [-0.4, -0.2) is 14.1 Å². The van der Waals surface area contributed by atoms with Crippen LogP contribution in [0.25, 0.3) is 0 Å². The lowest BCUT2D eigenvalue weighted by Crippen LogP contribution is -2.15. The van der Waals surface area contributed by atoms with Crippen LogP contribution in [0.4, 0.5) is 5.69 Å². The lowest BCUT2D eigenvalue weighted by Gasteiger charge is -2.18. The maximum atomic E-state index is 3.19. The third-order valence-corrected chi connectivity index (χ3v) is 4.01. The fraction of sp³-hybridized carbons (Fsp3) is 0.333. The van der Waals surface area contributed by atoms with E-state index in [-0.39, 0.29) is 0 Å². The topological polar surface area (TPSA) is 15.3 Å². The van der Waals surface area contributed by atoms with E-state index in [9.17, 15) is 0 Å². The van der Waals surface area contributed by atoms with Crippen LogP contribution >= 0.6 is 11.3 Å². The molecule has 1 aromatic heterocycles. The highest BCUT2D eigenvalue weighted by molar-refractivity contribution is 7.12. The molecule has 0 aliphatic heterocycles. The summed E-state index contributed by atoms with van der Waals surface area (Å²) in [4.78, 5) is 5.09. The van der Waals surface area contributed by atoms with Crippen molar-refractivity contribution in [3.05, 3.63) is 51.7 Å². The third-order valence-electron chi connectivity index (χ3n) is 2.94. The van der Waals surface area contributed by atoms with E-state index in [1.807, 2.05) is 18.4 Å². The van der Waals surface area contributed by atoms with Gasteiger partial charge in [0.05, 0.1) is 6.54 Å². The molecule has 18 heavy (non-hydrogen) atoms. The number of nitrogens with zero attached hydrogens (tertiary/aromatic N) is 1. The molecule has 0 bridgehead atoms.